The van der Waals surface area contributed by atoms with E-state index in [1.807, 2.05) is 32.8 Å². The van der Waals surface area contributed by atoms with Crippen LogP contribution in [0, 0.1) is 5.92 Å². The molecule has 1 aromatic carbocycles. The maximum atomic E-state index is 12.3. The number of aliphatic hydroxyl groups is 1. The van der Waals surface area contributed by atoms with Gasteiger partial charge in [0.15, 0.2) is 0 Å². The molecule has 0 amide bonds. The minimum atomic E-state index is -3.41. The van der Waals surface area contributed by atoms with Gasteiger partial charge in [0.2, 0.25) is 10.0 Å². The average Bonchev–Trinajstić information content (AvgIpc) is 2.36. The lowest BCUT2D eigenvalue weighted by Gasteiger charge is -2.25. The van der Waals surface area contributed by atoms with Crippen LogP contribution in [0.15, 0.2) is 24.3 Å². The first kappa shape index (κ1) is 18.1. The third kappa shape index (κ3) is 6.56. The van der Waals surface area contributed by atoms with Crippen molar-refractivity contribution in [1.82, 2.24) is 9.62 Å². The van der Waals surface area contributed by atoms with E-state index < -0.39 is 10.0 Å². The third-order valence-electron chi connectivity index (χ3n) is 3.23. The van der Waals surface area contributed by atoms with E-state index in [4.69, 9.17) is 5.11 Å². The Morgan fingerprint density at radius 2 is 1.86 bits per heavy atom. The molecule has 120 valence electrons. The number of benzene rings is 1. The topological polar surface area (TPSA) is 69.6 Å². The van der Waals surface area contributed by atoms with Crippen molar-refractivity contribution in [1.29, 1.82) is 0 Å². The highest BCUT2D eigenvalue weighted by molar-refractivity contribution is 7.88. The van der Waals surface area contributed by atoms with Crippen LogP contribution in [0.25, 0.3) is 0 Å². The fourth-order valence-electron chi connectivity index (χ4n) is 2.09. The Balaban J connectivity index is 2.79. The molecule has 0 heterocycles. The van der Waals surface area contributed by atoms with E-state index in [1.54, 1.807) is 24.3 Å². The van der Waals surface area contributed by atoms with E-state index in [0.29, 0.717) is 12.1 Å². The molecule has 0 saturated carbocycles. The van der Waals surface area contributed by atoms with Crippen LogP contribution >= 0.6 is 0 Å². The number of rotatable bonds is 8. The Morgan fingerprint density at radius 3 is 2.38 bits per heavy atom. The van der Waals surface area contributed by atoms with Crippen LogP contribution in [-0.4, -0.2) is 45.1 Å². The van der Waals surface area contributed by atoms with Crippen LogP contribution in [0.3, 0.4) is 0 Å². The molecule has 6 heteroatoms. The molecule has 0 radical (unpaired) electrons. The summed E-state index contributed by atoms with van der Waals surface area (Å²) in [6.45, 7) is 4.58. The molecule has 0 spiro atoms. The standard InChI is InChI=1S/C15H26N2O3S/c1-12(2)15(9-17(3)4)16-21(19,20)11-14-7-5-6-13(8-14)10-18/h5-8,12,15-16,18H,9-11H2,1-4H3. The molecular weight excluding hydrogens is 288 g/mol. The van der Waals surface area contributed by atoms with Crippen molar-refractivity contribution < 1.29 is 13.5 Å². The summed E-state index contributed by atoms with van der Waals surface area (Å²) in [7, 11) is 0.442. The van der Waals surface area contributed by atoms with Crippen LogP contribution in [0.5, 0.6) is 0 Å². The van der Waals surface area contributed by atoms with Gasteiger partial charge in [-0.1, -0.05) is 38.1 Å². The molecule has 5 nitrogen and oxygen atoms in total. The van der Waals surface area contributed by atoms with Gasteiger partial charge >= 0.3 is 0 Å². The molecule has 21 heavy (non-hydrogen) atoms. The van der Waals surface area contributed by atoms with E-state index in [2.05, 4.69) is 4.72 Å². The average molecular weight is 314 g/mol. The van der Waals surface area contributed by atoms with Gasteiger partial charge < -0.3 is 10.0 Å². The summed E-state index contributed by atoms with van der Waals surface area (Å²) in [4.78, 5) is 1.97. The van der Waals surface area contributed by atoms with E-state index >= 15 is 0 Å². The number of nitrogens with one attached hydrogen (secondary N) is 1. The molecule has 1 aromatic rings. The SMILES string of the molecule is CC(C)C(CN(C)C)NS(=O)(=O)Cc1cccc(CO)c1. The summed E-state index contributed by atoms with van der Waals surface area (Å²) in [5.41, 5.74) is 1.40. The van der Waals surface area contributed by atoms with E-state index in [0.717, 1.165) is 5.56 Å². The molecule has 0 aliphatic heterocycles. The van der Waals surface area contributed by atoms with Crippen molar-refractivity contribution in [3.63, 3.8) is 0 Å². The molecular formula is C15H26N2O3S. The molecule has 1 unspecified atom stereocenters. The molecule has 0 fully saturated rings. The van der Waals surface area contributed by atoms with Gasteiger partial charge in [-0.15, -0.1) is 0 Å². The van der Waals surface area contributed by atoms with Crippen molar-refractivity contribution in [3.8, 4) is 0 Å². The second kappa shape index (κ2) is 7.89. The third-order valence-corrected chi connectivity index (χ3v) is 4.60. The number of aliphatic hydroxyl groups excluding tert-OH is 1. The first-order chi connectivity index (χ1) is 9.73. The molecule has 0 aromatic heterocycles. The lowest BCUT2D eigenvalue weighted by atomic mass is 10.1. The van der Waals surface area contributed by atoms with Gasteiger partial charge in [-0.3, -0.25) is 0 Å². The smallest absolute Gasteiger partial charge is 0.216 e. The summed E-state index contributed by atoms with van der Waals surface area (Å²) in [5.74, 6) is 0.142. The molecule has 0 aliphatic carbocycles. The van der Waals surface area contributed by atoms with Crippen LogP contribution < -0.4 is 4.72 Å². The van der Waals surface area contributed by atoms with Crippen molar-refractivity contribution in [2.75, 3.05) is 20.6 Å². The Morgan fingerprint density at radius 1 is 1.24 bits per heavy atom. The molecule has 1 rings (SSSR count). The van der Waals surface area contributed by atoms with Gasteiger partial charge in [-0.25, -0.2) is 13.1 Å². The largest absolute Gasteiger partial charge is 0.392 e. The minimum Gasteiger partial charge on any atom is -0.392 e. The number of sulfonamides is 1. The first-order valence-corrected chi connectivity index (χ1v) is 8.72. The first-order valence-electron chi connectivity index (χ1n) is 7.07. The lowest BCUT2D eigenvalue weighted by Crippen LogP contribution is -2.45. The highest BCUT2D eigenvalue weighted by Gasteiger charge is 2.21. The zero-order valence-corrected chi connectivity index (χ0v) is 14.0. The minimum absolute atomic E-state index is 0.0719. The van der Waals surface area contributed by atoms with Gasteiger partial charge in [-0.2, -0.15) is 0 Å². The van der Waals surface area contributed by atoms with Crippen molar-refractivity contribution >= 4 is 10.0 Å². The second-order valence-corrected chi connectivity index (χ2v) is 7.72. The molecule has 2 N–H and O–H groups in total. The zero-order chi connectivity index (χ0) is 16.0. The number of hydrogen-bond acceptors (Lipinski definition) is 4. The second-order valence-electron chi connectivity index (χ2n) is 5.97. The van der Waals surface area contributed by atoms with Crippen molar-refractivity contribution in [2.24, 2.45) is 5.92 Å². The summed E-state index contributed by atoms with van der Waals surface area (Å²) >= 11 is 0. The zero-order valence-electron chi connectivity index (χ0n) is 13.2. The van der Waals surface area contributed by atoms with Gasteiger partial charge in [0.25, 0.3) is 0 Å². The lowest BCUT2D eigenvalue weighted by molar-refractivity contribution is 0.281. The monoisotopic (exact) mass is 314 g/mol. The molecule has 0 aliphatic rings. The summed E-state index contributed by atoms with van der Waals surface area (Å²) < 4.78 is 27.4. The Kier molecular flexibility index (Phi) is 6.80. The number of likely N-dealkylation sites (N-methyl/N-ethyl adjacent to an activating group) is 1. The van der Waals surface area contributed by atoms with Gasteiger partial charge in [0.05, 0.1) is 12.4 Å². The summed E-state index contributed by atoms with van der Waals surface area (Å²) in [6.07, 6.45) is 0. The number of hydrogen-bond donors (Lipinski definition) is 2. The Bertz CT molecular complexity index is 542. The highest BCUT2D eigenvalue weighted by Crippen LogP contribution is 2.11. The molecule has 1 atom stereocenters. The normalized spacial score (nSPS) is 13.9. The van der Waals surface area contributed by atoms with Crippen LogP contribution in [0.4, 0.5) is 0 Å². The van der Waals surface area contributed by atoms with E-state index in [9.17, 15) is 8.42 Å². The quantitative estimate of drug-likeness (QED) is 0.756. The van der Waals surface area contributed by atoms with E-state index in [1.165, 1.54) is 0 Å². The fraction of sp³-hybridized carbons (Fsp3) is 0.600. The van der Waals surface area contributed by atoms with Gasteiger partial charge in [0, 0.05) is 12.6 Å². The van der Waals surface area contributed by atoms with Crippen LogP contribution in [0.1, 0.15) is 25.0 Å². The number of nitrogens with zero attached hydrogens (tertiary/aromatic N) is 1. The molecule has 0 saturated heterocycles. The maximum Gasteiger partial charge on any atom is 0.216 e. The van der Waals surface area contributed by atoms with Crippen molar-refractivity contribution in [3.05, 3.63) is 35.4 Å². The summed E-state index contributed by atoms with van der Waals surface area (Å²) in [6, 6.07) is 6.89. The molecule has 0 bridgehead atoms. The summed E-state index contributed by atoms with van der Waals surface area (Å²) in [5, 5.41) is 9.11. The Hall–Kier alpha value is -0.950. The van der Waals surface area contributed by atoms with Crippen LogP contribution in [0.2, 0.25) is 0 Å². The highest BCUT2D eigenvalue weighted by atomic mass is 32.2. The predicted octanol–water partition coefficient (Wildman–Crippen LogP) is 1.18. The fourth-order valence-corrected chi connectivity index (χ4v) is 3.60. The van der Waals surface area contributed by atoms with Crippen molar-refractivity contribution in [2.45, 2.75) is 32.2 Å². The Labute approximate surface area is 128 Å². The van der Waals surface area contributed by atoms with Gasteiger partial charge in [0.1, 0.15) is 0 Å². The van der Waals surface area contributed by atoms with Crippen LogP contribution in [-0.2, 0) is 22.4 Å². The van der Waals surface area contributed by atoms with Gasteiger partial charge in [-0.05, 0) is 31.1 Å². The predicted molar refractivity (Wildman–Crippen MR) is 85.3 cm³/mol. The van der Waals surface area contributed by atoms with E-state index in [-0.39, 0.29) is 24.3 Å². The maximum absolute atomic E-state index is 12.3.